The van der Waals surface area contributed by atoms with Crippen molar-refractivity contribution in [3.05, 3.63) is 23.8 Å². The number of aliphatic carboxylic acids is 1. The lowest BCUT2D eigenvalue weighted by atomic mass is 9.86. The van der Waals surface area contributed by atoms with Crippen molar-refractivity contribution >= 4 is 11.9 Å². The molecule has 7 nitrogen and oxygen atoms in total. The lowest BCUT2D eigenvalue weighted by Crippen LogP contribution is -2.39. The van der Waals surface area contributed by atoms with E-state index in [4.69, 9.17) is 14.2 Å². The number of methoxy groups -OCH3 is 2. The number of carboxylic acids is 1. The average Bonchev–Trinajstić information content (AvgIpc) is 2.62. The number of carboxylic acid groups (broad SMARTS) is 1. The molecule has 1 aromatic carbocycles. The third kappa shape index (κ3) is 5.09. The van der Waals surface area contributed by atoms with Gasteiger partial charge < -0.3 is 24.6 Å². The van der Waals surface area contributed by atoms with Crippen molar-refractivity contribution in [2.45, 2.75) is 19.3 Å². The van der Waals surface area contributed by atoms with Crippen LogP contribution in [0.5, 0.6) is 11.5 Å². The van der Waals surface area contributed by atoms with E-state index in [1.165, 1.54) is 14.2 Å². The largest absolute Gasteiger partial charge is 0.496 e. The van der Waals surface area contributed by atoms with E-state index < -0.39 is 11.9 Å². The van der Waals surface area contributed by atoms with E-state index in [1.807, 2.05) is 0 Å². The van der Waals surface area contributed by atoms with Gasteiger partial charge in [-0.05, 0) is 30.9 Å². The van der Waals surface area contributed by atoms with Crippen molar-refractivity contribution in [2.24, 2.45) is 11.8 Å². The minimum Gasteiger partial charge on any atom is -0.496 e. The van der Waals surface area contributed by atoms with E-state index >= 15 is 0 Å². The summed E-state index contributed by atoms with van der Waals surface area (Å²) in [4.78, 5) is 23.9. The third-order valence-corrected chi connectivity index (χ3v) is 4.54. The first-order valence-corrected chi connectivity index (χ1v) is 8.34. The van der Waals surface area contributed by atoms with Crippen LogP contribution in [0.25, 0.3) is 0 Å². The molecule has 7 heteroatoms. The van der Waals surface area contributed by atoms with Gasteiger partial charge in [-0.3, -0.25) is 9.59 Å². The summed E-state index contributed by atoms with van der Waals surface area (Å²) in [5, 5.41) is 12.2. The van der Waals surface area contributed by atoms with Gasteiger partial charge in [-0.1, -0.05) is 6.07 Å². The van der Waals surface area contributed by atoms with Crippen molar-refractivity contribution < 1.29 is 28.9 Å². The Morgan fingerprint density at radius 3 is 2.36 bits per heavy atom. The monoisotopic (exact) mass is 351 g/mol. The second kappa shape index (κ2) is 9.27. The van der Waals surface area contributed by atoms with E-state index in [0.717, 1.165) is 0 Å². The molecule has 1 aliphatic heterocycles. The minimum absolute atomic E-state index is 0.0207. The van der Waals surface area contributed by atoms with Crippen molar-refractivity contribution in [2.75, 3.05) is 34.0 Å². The van der Waals surface area contributed by atoms with Crippen LogP contribution < -0.4 is 14.8 Å². The Morgan fingerprint density at radius 1 is 1.24 bits per heavy atom. The maximum Gasteiger partial charge on any atom is 0.308 e. The van der Waals surface area contributed by atoms with Gasteiger partial charge in [-0.15, -0.1) is 0 Å². The number of carbonyl (C=O) groups excluding carboxylic acids is 1. The molecule has 25 heavy (non-hydrogen) atoms. The van der Waals surface area contributed by atoms with Gasteiger partial charge in [0.25, 0.3) is 0 Å². The zero-order valence-corrected chi connectivity index (χ0v) is 14.6. The molecule has 1 fully saturated rings. The first kappa shape index (κ1) is 19.1. The topological polar surface area (TPSA) is 94.1 Å². The van der Waals surface area contributed by atoms with E-state index in [0.29, 0.717) is 43.1 Å². The van der Waals surface area contributed by atoms with Crippen molar-refractivity contribution in [3.8, 4) is 11.5 Å². The molecular formula is C18H25NO6. The van der Waals surface area contributed by atoms with Gasteiger partial charge in [0.05, 0.1) is 26.6 Å². The van der Waals surface area contributed by atoms with Crippen molar-refractivity contribution in [3.63, 3.8) is 0 Å². The van der Waals surface area contributed by atoms with Crippen LogP contribution >= 0.6 is 0 Å². The predicted octanol–water partition coefficient (Wildman–Crippen LogP) is 1.49. The third-order valence-electron chi connectivity index (χ3n) is 4.54. The summed E-state index contributed by atoms with van der Waals surface area (Å²) < 4.78 is 15.8. The summed E-state index contributed by atoms with van der Waals surface area (Å²) in [6, 6.07) is 5.30. The minimum atomic E-state index is -0.887. The quantitative estimate of drug-likeness (QED) is 0.737. The fourth-order valence-electron chi connectivity index (χ4n) is 3.12. The van der Waals surface area contributed by atoms with E-state index in [2.05, 4.69) is 5.32 Å². The second-order valence-electron chi connectivity index (χ2n) is 6.02. The molecule has 2 rings (SSSR count). The van der Waals surface area contributed by atoms with Gasteiger partial charge in [0.1, 0.15) is 11.5 Å². The van der Waals surface area contributed by atoms with Gasteiger partial charge in [0, 0.05) is 25.3 Å². The number of hydrogen-bond acceptors (Lipinski definition) is 5. The fourth-order valence-corrected chi connectivity index (χ4v) is 3.12. The van der Waals surface area contributed by atoms with Crippen LogP contribution in [0.4, 0.5) is 0 Å². The van der Waals surface area contributed by atoms with E-state index in [-0.39, 0.29) is 24.8 Å². The number of rotatable bonds is 8. The zero-order chi connectivity index (χ0) is 18.2. The number of carbonyl (C=O) groups is 2. The average molecular weight is 351 g/mol. The standard InChI is InChI=1S/C18H25NO6/c1-23-15-4-3-5-16(24-2)13(15)10-17(20)19-11-14(18(21)22)12-6-8-25-9-7-12/h3-5,12,14H,6-11H2,1-2H3,(H,19,20)(H,21,22). The Bertz CT molecular complexity index is 575. The van der Waals surface area contributed by atoms with Crippen LogP contribution in [0.2, 0.25) is 0 Å². The first-order chi connectivity index (χ1) is 12.1. The Hall–Kier alpha value is -2.28. The fraction of sp³-hybridized carbons (Fsp3) is 0.556. The molecule has 0 bridgehead atoms. The smallest absolute Gasteiger partial charge is 0.308 e. The summed E-state index contributed by atoms with van der Waals surface area (Å²) in [6.45, 7) is 1.25. The molecule has 0 aromatic heterocycles. The highest BCUT2D eigenvalue weighted by Gasteiger charge is 2.30. The molecule has 1 aliphatic rings. The van der Waals surface area contributed by atoms with Crippen LogP contribution in [-0.4, -0.2) is 51.0 Å². The molecule has 0 saturated carbocycles. The van der Waals surface area contributed by atoms with Gasteiger partial charge >= 0.3 is 5.97 Å². The maximum absolute atomic E-state index is 12.3. The van der Waals surface area contributed by atoms with Crippen molar-refractivity contribution in [1.82, 2.24) is 5.32 Å². The molecule has 1 aromatic rings. The number of amides is 1. The summed E-state index contributed by atoms with van der Waals surface area (Å²) in [5.41, 5.74) is 0.642. The molecular weight excluding hydrogens is 326 g/mol. The molecule has 0 radical (unpaired) electrons. The zero-order valence-electron chi connectivity index (χ0n) is 14.6. The highest BCUT2D eigenvalue weighted by atomic mass is 16.5. The molecule has 1 heterocycles. The summed E-state index contributed by atoms with van der Waals surface area (Å²) >= 11 is 0. The highest BCUT2D eigenvalue weighted by molar-refractivity contribution is 5.81. The van der Waals surface area contributed by atoms with Crippen molar-refractivity contribution in [1.29, 1.82) is 0 Å². The van der Waals surface area contributed by atoms with Crippen LogP contribution in [-0.2, 0) is 20.7 Å². The molecule has 1 unspecified atom stereocenters. The SMILES string of the molecule is COc1cccc(OC)c1CC(=O)NCC(C(=O)O)C1CCOCC1. The van der Waals surface area contributed by atoms with Crippen LogP contribution in [0, 0.1) is 11.8 Å². The molecule has 0 aliphatic carbocycles. The van der Waals surface area contributed by atoms with Crippen LogP contribution in [0.1, 0.15) is 18.4 Å². The number of benzene rings is 1. The van der Waals surface area contributed by atoms with Crippen LogP contribution in [0.3, 0.4) is 0 Å². The Labute approximate surface area is 147 Å². The maximum atomic E-state index is 12.3. The molecule has 2 N–H and O–H groups in total. The van der Waals surface area contributed by atoms with Gasteiger partial charge in [-0.2, -0.15) is 0 Å². The van der Waals surface area contributed by atoms with E-state index in [9.17, 15) is 14.7 Å². The lowest BCUT2D eigenvalue weighted by molar-refractivity contribution is -0.144. The summed E-state index contributed by atoms with van der Waals surface area (Å²) in [5.74, 6) is -0.606. The van der Waals surface area contributed by atoms with Gasteiger partial charge in [0.2, 0.25) is 5.91 Å². The Morgan fingerprint density at radius 2 is 1.84 bits per heavy atom. The molecule has 1 amide bonds. The Kier molecular flexibility index (Phi) is 7.06. The second-order valence-corrected chi connectivity index (χ2v) is 6.02. The first-order valence-electron chi connectivity index (χ1n) is 8.34. The number of ether oxygens (including phenoxy) is 3. The summed E-state index contributed by atoms with van der Waals surface area (Å²) in [6.07, 6.45) is 1.47. The molecule has 1 atom stereocenters. The van der Waals surface area contributed by atoms with E-state index in [1.54, 1.807) is 18.2 Å². The molecule has 1 saturated heterocycles. The van der Waals surface area contributed by atoms with Gasteiger partial charge in [-0.25, -0.2) is 0 Å². The lowest BCUT2D eigenvalue weighted by Gasteiger charge is -2.27. The summed E-state index contributed by atoms with van der Waals surface area (Å²) in [7, 11) is 3.06. The number of hydrogen-bond donors (Lipinski definition) is 2. The normalized spacial score (nSPS) is 16.1. The molecule has 0 spiro atoms. The Balaban J connectivity index is 1.98. The van der Waals surface area contributed by atoms with Gasteiger partial charge in [0.15, 0.2) is 0 Å². The predicted molar refractivity (Wildman–Crippen MR) is 90.9 cm³/mol. The highest BCUT2D eigenvalue weighted by Crippen LogP contribution is 2.29. The van der Waals surface area contributed by atoms with Crippen LogP contribution in [0.15, 0.2) is 18.2 Å². The number of nitrogens with one attached hydrogen (secondary N) is 1. The molecule has 138 valence electrons.